The van der Waals surface area contributed by atoms with Crippen LogP contribution >= 0.6 is 11.6 Å². The first kappa shape index (κ1) is 14.7. The lowest BCUT2D eigenvalue weighted by Gasteiger charge is -2.16. The lowest BCUT2D eigenvalue weighted by Crippen LogP contribution is -2.24. The van der Waals surface area contributed by atoms with Gasteiger partial charge in [0.05, 0.1) is 5.38 Å². The summed E-state index contributed by atoms with van der Waals surface area (Å²) in [5, 5.41) is 0.144. The van der Waals surface area contributed by atoms with Crippen LogP contribution in [0.5, 0.6) is 5.75 Å². The molecule has 0 N–H and O–H groups in total. The predicted octanol–water partition coefficient (Wildman–Crippen LogP) is 5.65. The van der Waals surface area contributed by atoms with Crippen molar-refractivity contribution in [1.82, 2.24) is 0 Å². The van der Waals surface area contributed by atoms with Crippen molar-refractivity contribution in [3.8, 4) is 5.75 Å². The van der Waals surface area contributed by atoms with Crippen LogP contribution < -0.4 is 4.74 Å². The van der Waals surface area contributed by atoms with E-state index in [1.165, 1.54) is 36.8 Å². The normalized spacial score (nSPS) is 17.9. The molecule has 0 radical (unpaired) electrons. The zero-order valence-corrected chi connectivity index (χ0v) is 13.1. The van der Waals surface area contributed by atoms with Gasteiger partial charge in [-0.1, -0.05) is 44.7 Å². The molecule has 2 heteroatoms. The lowest BCUT2D eigenvalue weighted by molar-refractivity contribution is 0.138. The van der Waals surface area contributed by atoms with E-state index >= 15 is 0 Å². The van der Waals surface area contributed by atoms with Gasteiger partial charge in [0.15, 0.2) is 0 Å². The van der Waals surface area contributed by atoms with Crippen LogP contribution in [0.2, 0.25) is 0 Å². The molecule has 0 aromatic heterocycles. The minimum Gasteiger partial charge on any atom is -0.487 e. The maximum absolute atomic E-state index is 6.52. The largest absolute Gasteiger partial charge is 0.487 e. The summed E-state index contributed by atoms with van der Waals surface area (Å²) in [6.07, 6.45) is 7.16. The molecular formula is C17H25ClO. The van der Waals surface area contributed by atoms with Crippen LogP contribution in [0.25, 0.3) is 0 Å². The number of hydrogen-bond acceptors (Lipinski definition) is 1. The van der Waals surface area contributed by atoms with Crippen molar-refractivity contribution in [3.63, 3.8) is 0 Å². The highest BCUT2D eigenvalue weighted by Crippen LogP contribution is 2.38. The highest BCUT2D eigenvalue weighted by molar-refractivity contribution is 6.20. The fraction of sp³-hybridized carbons (Fsp3) is 0.647. The number of rotatable bonds is 6. The van der Waals surface area contributed by atoms with Crippen LogP contribution in [0, 0.1) is 0 Å². The molecule has 106 valence electrons. The van der Waals surface area contributed by atoms with E-state index in [1.54, 1.807) is 0 Å². The van der Waals surface area contributed by atoms with E-state index in [1.807, 2.05) is 0 Å². The second-order valence-electron chi connectivity index (χ2n) is 6.22. The number of alkyl halides is 1. The first-order valence-electron chi connectivity index (χ1n) is 7.48. The minimum atomic E-state index is -0.0656. The van der Waals surface area contributed by atoms with Gasteiger partial charge in [-0.2, -0.15) is 0 Å². The van der Waals surface area contributed by atoms with E-state index in [-0.39, 0.29) is 11.0 Å². The summed E-state index contributed by atoms with van der Waals surface area (Å²) >= 11 is 6.52. The quantitative estimate of drug-likeness (QED) is 0.483. The van der Waals surface area contributed by atoms with Crippen molar-refractivity contribution >= 4 is 11.6 Å². The molecule has 1 aromatic rings. The van der Waals surface area contributed by atoms with Crippen molar-refractivity contribution in [3.05, 3.63) is 29.3 Å². The summed E-state index contributed by atoms with van der Waals surface area (Å²) in [7, 11) is 0. The highest BCUT2D eigenvalue weighted by Gasteiger charge is 2.30. The molecule has 1 unspecified atom stereocenters. The van der Waals surface area contributed by atoms with Gasteiger partial charge >= 0.3 is 0 Å². The Morgan fingerprint density at radius 1 is 1.26 bits per heavy atom. The Balaban J connectivity index is 1.95. The van der Waals surface area contributed by atoms with Crippen LogP contribution in [0.4, 0.5) is 0 Å². The fourth-order valence-corrected chi connectivity index (χ4v) is 3.03. The number of benzene rings is 1. The molecule has 1 nitrogen and oxygen atoms in total. The van der Waals surface area contributed by atoms with Gasteiger partial charge in [0.1, 0.15) is 11.4 Å². The van der Waals surface area contributed by atoms with E-state index in [9.17, 15) is 0 Å². The number of unbranched alkanes of at least 4 members (excludes halogenated alkanes) is 3. The zero-order chi connectivity index (χ0) is 13.9. The fourth-order valence-electron chi connectivity index (χ4n) is 2.74. The molecule has 1 heterocycles. The second-order valence-corrected chi connectivity index (χ2v) is 6.75. The third kappa shape index (κ3) is 3.89. The summed E-state index contributed by atoms with van der Waals surface area (Å²) in [4.78, 5) is 0. The van der Waals surface area contributed by atoms with Crippen molar-refractivity contribution < 1.29 is 4.74 Å². The van der Waals surface area contributed by atoms with Crippen LogP contribution in [0.15, 0.2) is 18.2 Å². The molecule has 1 aliphatic heterocycles. The van der Waals surface area contributed by atoms with Gasteiger partial charge in [0, 0.05) is 6.42 Å². The summed E-state index contributed by atoms with van der Waals surface area (Å²) in [6, 6.07) is 6.44. The molecule has 1 aromatic carbocycles. The van der Waals surface area contributed by atoms with Gasteiger partial charge in [-0.25, -0.2) is 0 Å². The predicted molar refractivity (Wildman–Crippen MR) is 82.2 cm³/mol. The molecule has 0 saturated heterocycles. The lowest BCUT2D eigenvalue weighted by atomic mass is 9.98. The molecule has 0 fully saturated rings. The maximum atomic E-state index is 6.52. The van der Waals surface area contributed by atoms with Crippen LogP contribution in [-0.2, 0) is 6.42 Å². The van der Waals surface area contributed by atoms with Gasteiger partial charge < -0.3 is 4.74 Å². The molecule has 1 atom stereocenters. The SMILES string of the molecule is CCCCCCC(Cl)c1ccc2c(c1)CC(C)(C)O2. The Labute approximate surface area is 122 Å². The van der Waals surface area contributed by atoms with Gasteiger partial charge in [-0.05, 0) is 37.5 Å². The molecule has 19 heavy (non-hydrogen) atoms. The Morgan fingerprint density at radius 3 is 2.79 bits per heavy atom. The summed E-state index contributed by atoms with van der Waals surface area (Å²) in [5.74, 6) is 1.03. The maximum Gasteiger partial charge on any atom is 0.123 e. The van der Waals surface area contributed by atoms with Gasteiger partial charge in [-0.3, -0.25) is 0 Å². The van der Waals surface area contributed by atoms with Gasteiger partial charge in [-0.15, -0.1) is 11.6 Å². The van der Waals surface area contributed by atoms with Crippen LogP contribution in [0.1, 0.15) is 69.4 Å². The van der Waals surface area contributed by atoms with E-state index in [2.05, 4.69) is 39.0 Å². The monoisotopic (exact) mass is 280 g/mol. The summed E-state index contributed by atoms with van der Waals surface area (Å²) in [6.45, 7) is 6.51. The first-order chi connectivity index (χ1) is 9.02. The number of halogens is 1. The van der Waals surface area contributed by atoms with E-state index in [4.69, 9.17) is 16.3 Å². The topological polar surface area (TPSA) is 9.23 Å². The van der Waals surface area contributed by atoms with E-state index in [0.29, 0.717) is 0 Å². The van der Waals surface area contributed by atoms with Crippen LogP contribution in [0.3, 0.4) is 0 Å². The Hall–Kier alpha value is -0.690. The third-order valence-corrected chi connectivity index (χ3v) is 4.23. The van der Waals surface area contributed by atoms with Crippen molar-refractivity contribution in [2.75, 3.05) is 0 Å². The van der Waals surface area contributed by atoms with Gasteiger partial charge in [0.2, 0.25) is 0 Å². The number of fused-ring (bicyclic) bond motifs is 1. The van der Waals surface area contributed by atoms with E-state index < -0.39 is 0 Å². The molecule has 0 saturated carbocycles. The number of ether oxygens (including phenoxy) is 1. The van der Waals surface area contributed by atoms with Crippen molar-refractivity contribution in [2.24, 2.45) is 0 Å². The molecule has 0 spiro atoms. The number of hydrogen-bond donors (Lipinski definition) is 0. The highest BCUT2D eigenvalue weighted by atomic mass is 35.5. The van der Waals surface area contributed by atoms with Crippen molar-refractivity contribution in [1.29, 1.82) is 0 Å². The molecule has 2 rings (SSSR count). The average Bonchev–Trinajstić information content (AvgIpc) is 2.67. The Kier molecular flexibility index (Phi) is 4.78. The first-order valence-corrected chi connectivity index (χ1v) is 7.91. The molecule has 1 aliphatic rings. The smallest absolute Gasteiger partial charge is 0.123 e. The molecule has 0 amide bonds. The average molecular weight is 281 g/mol. The van der Waals surface area contributed by atoms with Crippen molar-refractivity contribution in [2.45, 2.75) is 70.3 Å². The third-order valence-electron chi connectivity index (χ3n) is 3.76. The van der Waals surface area contributed by atoms with Gasteiger partial charge in [0.25, 0.3) is 0 Å². The second kappa shape index (κ2) is 6.17. The standard InChI is InChI=1S/C17H25ClO/c1-4-5-6-7-8-15(18)13-9-10-16-14(11-13)12-17(2,3)19-16/h9-11,15H,4-8,12H2,1-3H3. The summed E-state index contributed by atoms with van der Waals surface area (Å²) in [5.41, 5.74) is 2.49. The summed E-state index contributed by atoms with van der Waals surface area (Å²) < 4.78 is 5.90. The van der Waals surface area contributed by atoms with Crippen LogP contribution in [-0.4, -0.2) is 5.60 Å². The molecular weight excluding hydrogens is 256 g/mol. The zero-order valence-electron chi connectivity index (χ0n) is 12.3. The molecule has 0 aliphatic carbocycles. The molecule has 0 bridgehead atoms. The Bertz CT molecular complexity index is 425. The minimum absolute atomic E-state index is 0.0656. The van der Waals surface area contributed by atoms with E-state index in [0.717, 1.165) is 18.6 Å². The Morgan fingerprint density at radius 2 is 2.05 bits per heavy atom.